The highest BCUT2D eigenvalue weighted by molar-refractivity contribution is 5.93. The number of amides is 3. The van der Waals surface area contributed by atoms with Crippen LogP contribution in [0.2, 0.25) is 0 Å². The van der Waals surface area contributed by atoms with Gasteiger partial charge in [-0.15, -0.1) is 0 Å². The van der Waals surface area contributed by atoms with Crippen LogP contribution in [0, 0.1) is 11.3 Å². The van der Waals surface area contributed by atoms with E-state index >= 15 is 0 Å². The number of halogens is 3. The van der Waals surface area contributed by atoms with Gasteiger partial charge in [-0.1, -0.05) is 54.6 Å². The molecule has 2 aromatic carbocycles. The monoisotopic (exact) mass is 612 g/mol. The molecule has 44 heavy (non-hydrogen) atoms. The summed E-state index contributed by atoms with van der Waals surface area (Å²) in [4.78, 5) is 42.2. The van der Waals surface area contributed by atoms with Crippen LogP contribution in [0.4, 0.5) is 18.9 Å². The van der Waals surface area contributed by atoms with Gasteiger partial charge in [-0.25, -0.2) is 0 Å². The van der Waals surface area contributed by atoms with E-state index in [9.17, 15) is 27.6 Å². The molecule has 3 heterocycles. The first-order chi connectivity index (χ1) is 21.1. The highest BCUT2D eigenvalue weighted by Gasteiger charge is 2.42. The van der Waals surface area contributed by atoms with Gasteiger partial charge in [0.05, 0.1) is 23.2 Å². The molecule has 2 fully saturated rings. The molecule has 1 spiro atoms. The lowest BCUT2D eigenvalue weighted by Crippen LogP contribution is -2.58. The van der Waals surface area contributed by atoms with Gasteiger partial charge in [0.15, 0.2) is 0 Å². The quantitative estimate of drug-likeness (QED) is 0.437. The maximum absolute atomic E-state index is 13.7. The number of nitrogens with one attached hydrogen (secondary N) is 3. The summed E-state index contributed by atoms with van der Waals surface area (Å²) in [7, 11) is 0. The number of anilines is 1. The van der Waals surface area contributed by atoms with E-state index < -0.39 is 29.1 Å². The van der Waals surface area contributed by atoms with Crippen LogP contribution >= 0.6 is 0 Å². The Labute approximate surface area is 255 Å². The van der Waals surface area contributed by atoms with Gasteiger partial charge in [-0.3, -0.25) is 19.3 Å². The van der Waals surface area contributed by atoms with Crippen LogP contribution in [0.25, 0.3) is 0 Å². The Morgan fingerprint density at radius 2 is 1.73 bits per heavy atom. The number of allylic oxidation sites excluding steroid dienone is 2. The van der Waals surface area contributed by atoms with Gasteiger partial charge in [0.25, 0.3) is 0 Å². The van der Waals surface area contributed by atoms with E-state index in [-0.39, 0.29) is 36.0 Å². The van der Waals surface area contributed by atoms with Crippen LogP contribution in [0.1, 0.15) is 43.2 Å². The molecule has 3 atom stereocenters. The van der Waals surface area contributed by atoms with E-state index in [0.717, 1.165) is 11.6 Å². The van der Waals surface area contributed by atoms with Gasteiger partial charge < -0.3 is 20.7 Å². The molecule has 3 aliphatic rings. The summed E-state index contributed by atoms with van der Waals surface area (Å²) in [6.45, 7) is 1.86. The van der Waals surface area contributed by atoms with E-state index in [1.807, 2.05) is 47.4 Å². The second-order valence-corrected chi connectivity index (χ2v) is 12.0. The Hall–Kier alpha value is -3.70. The van der Waals surface area contributed by atoms with Crippen molar-refractivity contribution in [2.24, 2.45) is 11.3 Å². The van der Waals surface area contributed by atoms with Crippen molar-refractivity contribution >= 4 is 23.4 Å². The number of ether oxygens (including phenoxy) is 1. The summed E-state index contributed by atoms with van der Waals surface area (Å²) >= 11 is 0. The minimum atomic E-state index is -4.58. The number of fused-ring (bicyclic) bond motifs is 1. The Bertz CT molecular complexity index is 1340. The standard InChI is InChI=1S/C33H39F3N4O4/c34-33(35,36)25-11-4-5-12-27(25)37-29(41)22-40-17-13-26-24(21-40)10-6-7-14-32(15-18-44-19-16-32)31(43)39-28(30(42)38-26)20-23-8-2-1-3-9-23/h1-9,11-12,24,26,28H,10,13-22H2,(H,37,41)(H,38,42)(H,39,43)/b7-6+/t24-,26+,28+/m0/s1. The molecule has 2 saturated heterocycles. The molecule has 5 rings (SSSR count). The number of piperidine rings is 1. The third kappa shape index (κ3) is 7.87. The largest absolute Gasteiger partial charge is 0.418 e. The predicted molar refractivity (Wildman–Crippen MR) is 159 cm³/mol. The van der Waals surface area contributed by atoms with E-state index in [1.54, 1.807) is 0 Å². The second kappa shape index (κ2) is 13.9. The van der Waals surface area contributed by atoms with Crippen LogP contribution in [0.3, 0.4) is 0 Å². The lowest BCUT2D eigenvalue weighted by atomic mass is 9.75. The van der Waals surface area contributed by atoms with Crippen molar-refractivity contribution in [1.29, 1.82) is 0 Å². The molecule has 0 unspecified atom stereocenters. The number of rotatable bonds is 5. The zero-order chi connectivity index (χ0) is 31.2. The van der Waals surface area contributed by atoms with Crippen LogP contribution in [0.15, 0.2) is 66.7 Å². The highest BCUT2D eigenvalue weighted by atomic mass is 19.4. The average molecular weight is 613 g/mol. The summed E-state index contributed by atoms with van der Waals surface area (Å²) in [5, 5.41) is 8.70. The molecule has 11 heteroatoms. The summed E-state index contributed by atoms with van der Waals surface area (Å²) in [6, 6.07) is 13.6. The van der Waals surface area contributed by atoms with Crippen molar-refractivity contribution in [1.82, 2.24) is 15.5 Å². The van der Waals surface area contributed by atoms with Crippen LogP contribution in [-0.4, -0.2) is 67.6 Å². The third-order valence-corrected chi connectivity index (χ3v) is 8.97. The number of likely N-dealkylation sites (tertiary alicyclic amines) is 1. The molecule has 3 amide bonds. The van der Waals surface area contributed by atoms with Gasteiger partial charge in [-0.05, 0) is 55.7 Å². The smallest absolute Gasteiger partial charge is 0.381 e. The van der Waals surface area contributed by atoms with Crippen molar-refractivity contribution in [3.05, 3.63) is 77.9 Å². The van der Waals surface area contributed by atoms with Crippen LogP contribution < -0.4 is 16.0 Å². The van der Waals surface area contributed by atoms with Gasteiger partial charge >= 0.3 is 6.18 Å². The number of para-hydroxylation sites is 1. The summed E-state index contributed by atoms with van der Waals surface area (Å²) in [5.74, 6) is -0.942. The topological polar surface area (TPSA) is 99.8 Å². The number of nitrogens with zero attached hydrogens (tertiary/aromatic N) is 1. The van der Waals surface area contributed by atoms with Crippen molar-refractivity contribution in [2.45, 2.75) is 56.8 Å². The SMILES string of the molecule is O=C(CN1CC[C@H]2NC(=O)[C@@H](Cc3ccccc3)NC(=O)C3(C/C=C/C[C@H]2C1)CCOCC3)Nc1ccccc1C(F)(F)F. The maximum atomic E-state index is 13.7. The maximum Gasteiger partial charge on any atom is 0.418 e. The first kappa shape index (κ1) is 31.7. The zero-order valence-corrected chi connectivity index (χ0v) is 24.6. The molecule has 0 aromatic heterocycles. The van der Waals surface area contributed by atoms with E-state index in [1.165, 1.54) is 18.2 Å². The zero-order valence-electron chi connectivity index (χ0n) is 24.6. The number of benzene rings is 2. The molecule has 0 radical (unpaired) electrons. The summed E-state index contributed by atoms with van der Waals surface area (Å²) in [6.07, 6.45) is 2.69. The minimum Gasteiger partial charge on any atom is -0.381 e. The lowest BCUT2D eigenvalue weighted by Gasteiger charge is -2.40. The Balaban J connectivity index is 1.31. The number of hydrogen-bond donors (Lipinski definition) is 3. The van der Waals surface area contributed by atoms with Crippen molar-refractivity contribution in [3.8, 4) is 0 Å². The van der Waals surface area contributed by atoms with E-state index in [4.69, 9.17) is 4.74 Å². The molecule has 236 valence electrons. The number of hydrogen-bond acceptors (Lipinski definition) is 5. The molecular weight excluding hydrogens is 573 g/mol. The van der Waals surface area contributed by atoms with Crippen molar-refractivity contribution in [2.75, 3.05) is 38.2 Å². The predicted octanol–water partition coefficient (Wildman–Crippen LogP) is 4.32. The molecule has 0 aliphatic carbocycles. The minimum absolute atomic E-state index is 0.0302. The molecule has 0 saturated carbocycles. The molecule has 3 aliphatic heterocycles. The normalized spacial score (nSPS) is 25.5. The Morgan fingerprint density at radius 1 is 1.00 bits per heavy atom. The summed E-state index contributed by atoms with van der Waals surface area (Å²) in [5.41, 5.74) is -0.884. The molecule has 8 nitrogen and oxygen atoms in total. The fourth-order valence-corrected chi connectivity index (χ4v) is 6.43. The van der Waals surface area contributed by atoms with Gasteiger partial charge in [0.1, 0.15) is 6.04 Å². The van der Waals surface area contributed by atoms with E-state index in [0.29, 0.717) is 64.8 Å². The number of alkyl halides is 3. The van der Waals surface area contributed by atoms with Crippen molar-refractivity contribution < 1.29 is 32.3 Å². The highest BCUT2D eigenvalue weighted by Crippen LogP contribution is 2.36. The fourth-order valence-electron chi connectivity index (χ4n) is 6.43. The Morgan fingerprint density at radius 3 is 2.48 bits per heavy atom. The molecule has 2 aromatic rings. The van der Waals surface area contributed by atoms with Crippen molar-refractivity contribution in [3.63, 3.8) is 0 Å². The van der Waals surface area contributed by atoms with E-state index in [2.05, 4.69) is 16.0 Å². The molecular formula is C33H39F3N4O4. The number of carbonyl (C=O) groups excluding carboxylic acids is 3. The van der Waals surface area contributed by atoms with Gasteiger partial charge in [0.2, 0.25) is 17.7 Å². The lowest BCUT2D eigenvalue weighted by molar-refractivity contribution is -0.140. The van der Waals surface area contributed by atoms with Gasteiger partial charge in [0, 0.05) is 38.8 Å². The second-order valence-electron chi connectivity index (χ2n) is 12.0. The Kier molecular flexibility index (Phi) is 10.1. The van der Waals surface area contributed by atoms with Crippen LogP contribution in [0.5, 0.6) is 0 Å². The van der Waals surface area contributed by atoms with Gasteiger partial charge in [-0.2, -0.15) is 13.2 Å². The molecule has 3 N–H and O–H groups in total. The number of carbonyl (C=O) groups is 3. The summed E-state index contributed by atoms with van der Waals surface area (Å²) < 4.78 is 45.8. The van der Waals surface area contributed by atoms with Crippen LogP contribution in [-0.2, 0) is 31.7 Å². The molecule has 0 bridgehead atoms. The first-order valence-corrected chi connectivity index (χ1v) is 15.2. The average Bonchev–Trinajstić information content (AvgIpc) is 3.00. The fraction of sp³-hybridized carbons (Fsp3) is 0.485. The first-order valence-electron chi connectivity index (χ1n) is 15.2. The third-order valence-electron chi connectivity index (χ3n) is 8.97.